The van der Waals surface area contributed by atoms with E-state index in [1.54, 1.807) is 0 Å². The Balaban J connectivity index is 2.85. The summed E-state index contributed by atoms with van der Waals surface area (Å²) in [4.78, 5) is 0. The quantitative estimate of drug-likeness (QED) is 0.429. The van der Waals surface area contributed by atoms with Crippen LogP contribution < -0.4 is 0 Å². The largest absolute Gasteiger partial charge is 0.504 e. The van der Waals surface area contributed by atoms with Gasteiger partial charge >= 0.3 is 0 Å². The number of phenolic OH excluding ortho intramolecular Hbond substituents is 2. The molecule has 4 nitrogen and oxygen atoms in total. The molecule has 0 aliphatic heterocycles. The highest BCUT2D eigenvalue weighted by molar-refractivity contribution is 5.82. The van der Waals surface area contributed by atoms with Crippen molar-refractivity contribution >= 4 is 11.2 Å². The Morgan fingerprint density at radius 2 is 1.30 bits per heavy atom. The van der Waals surface area contributed by atoms with Crippen molar-refractivity contribution < 1.29 is 19.4 Å². The first kappa shape index (κ1) is 5.22. The van der Waals surface area contributed by atoms with Crippen LogP contribution in [0.15, 0.2) is 21.3 Å². The Morgan fingerprint density at radius 3 is 1.60 bits per heavy atom. The summed E-state index contributed by atoms with van der Waals surface area (Å²) < 4.78 is 8.76. The minimum absolute atomic E-state index is 0.0287. The predicted molar refractivity (Wildman–Crippen MR) is 31.8 cm³/mol. The molecule has 0 radical (unpaired) electrons. The molecule has 0 unspecified atom stereocenters. The molecule has 4 heteroatoms. The van der Waals surface area contributed by atoms with E-state index in [1.165, 1.54) is 12.1 Å². The number of benzene rings is 1. The molecule has 0 fully saturated rings. The number of hydrogen-bond acceptors (Lipinski definition) is 4. The first-order valence-corrected chi connectivity index (χ1v) is 2.68. The van der Waals surface area contributed by atoms with Gasteiger partial charge in [-0.2, -0.15) is 0 Å². The van der Waals surface area contributed by atoms with Gasteiger partial charge in [0.1, 0.15) is 0 Å². The summed E-state index contributed by atoms with van der Waals surface area (Å²) in [6, 6.07) is 2.66. The Labute approximate surface area is 55.2 Å². The summed E-state index contributed by atoms with van der Waals surface area (Å²) in [5, 5.41) is 17.9. The molecule has 2 N–H and O–H groups in total. The lowest BCUT2D eigenvalue weighted by atomic mass is 10.3. The molecule has 1 heterocycles. The van der Waals surface area contributed by atoms with E-state index in [2.05, 4.69) is 9.15 Å². The molecule has 2 rings (SSSR count). The van der Waals surface area contributed by atoms with E-state index >= 15 is 0 Å². The molecule has 0 saturated heterocycles. The number of hydrogen-bond donors (Lipinski definition) is 2. The summed E-state index contributed by atoms with van der Waals surface area (Å²) in [6.07, 6.45) is 0. The second-order valence-corrected chi connectivity index (χ2v) is 1.93. The van der Waals surface area contributed by atoms with Crippen molar-refractivity contribution in [2.45, 2.75) is 0 Å². The van der Waals surface area contributed by atoms with Crippen LogP contribution in [-0.4, -0.2) is 10.2 Å². The van der Waals surface area contributed by atoms with Gasteiger partial charge in [-0.05, 0) is 12.1 Å². The van der Waals surface area contributed by atoms with Crippen LogP contribution >= 0.6 is 0 Å². The highest BCUT2D eigenvalue weighted by Gasteiger charge is 2.13. The lowest BCUT2D eigenvalue weighted by Gasteiger charge is -2.00. The van der Waals surface area contributed by atoms with E-state index in [4.69, 9.17) is 10.2 Å². The molecular weight excluding hydrogens is 136 g/mol. The van der Waals surface area contributed by atoms with E-state index in [1.807, 2.05) is 0 Å². The molecular formula is C6H4O4. The van der Waals surface area contributed by atoms with Crippen molar-refractivity contribution in [3.05, 3.63) is 12.1 Å². The third-order valence-corrected chi connectivity index (χ3v) is 1.28. The number of rotatable bonds is 0. The van der Waals surface area contributed by atoms with Crippen LogP contribution in [0.1, 0.15) is 0 Å². The van der Waals surface area contributed by atoms with Crippen molar-refractivity contribution in [3.8, 4) is 11.5 Å². The van der Waals surface area contributed by atoms with Gasteiger partial charge in [-0.3, -0.25) is 9.15 Å². The molecule has 2 aromatic rings. The average molecular weight is 140 g/mol. The Hall–Kier alpha value is -1.58. The maximum Gasteiger partial charge on any atom is 0.271 e. The number of aromatic hydroxyl groups is 2. The smallest absolute Gasteiger partial charge is 0.271 e. The fourth-order valence-electron chi connectivity index (χ4n) is 0.752. The highest BCUT2D eigenvalue weighted by Crippen LogP contribution is 2.34. The second kappa shape index (κ2) is 1.47. The van der Waals surface area contributed by atoms with Crippen LogP contribution in [0.3, 0.4) is 0 Å². The normalized spacial score (nSPS) is 10.8. The van der Waals surface area contributed by atoms with Gasteiger partial charge in [-0.15, -0.1) is 0 Å². The van der Waals surface area contributed by atoms with Crippen molar-refractivity contribution in [2.75, 3.05) is 0 Å². The molecule has 0 aliphatic carbocycles. The first-order valence-electron chi connectivity index (χ1n) is 2.68. The van der Waals surface area contributed by atoms with Crippen LogP contribution in [0.5, 0.6) is 11.5 Å². The van der Waals surface area contributed by atoms with Crippen LogP contribution in [-0.2, 0) is 0 Å². The Bertz CT molecular complexity index is 321. The molecule has 0 saturated carbocycles. The van der Waals surface area contributed by atoms with Gasteiger partial charge in [0, 0.05) is 0 Å². The third kappa shape index (κ3) is 0.452. The van der Waals surface area contributed by atoms with Crippen molar-refractivity contribution in [3.63, 3.8) is 0 Å². The number of fused-ring (bicyclic) bond motifs is 1. The average Bonchev–Trinajstić information content (AvgIpc) is 1.78. The van der Waals surface area contributed by atoms with Gasteiger partial charge in [0.15, 0.2) is 11.5 Å². The van der Waals surface area contributed by atoms with E-state index in [-0.39, 0.29) is 22.7 Å². The molecule has 0 aliphatic rings. The minimum Gasteiger partial charge on any atom is -0.504 e. The van der Waals surface area contributed by atoms with Crippen molar-refractivity contribution in [2.24, 2.45) is 0 Å². The summed E-state index contributed by atoms with van der Waals surface area (Å²) in [7, 11) is 0. The summed E-state index contributed by atoms with van der Waals surface area (Å²) in [5.74, 6) is -0.0573. The fourth-order valence-corrected chi connectivity index (χ4v) is 0.752. The maximum absolute atomic E-state index is 8.96. The Morgan fingerprint density at radius 1 is 0.900 bits per heavy atom. The van der Waals surface area contributed by atoms with Gasteiger partial charge in [-0.1, -0.05) is 0 Å². The predicted octanol–water partition coefficient (Wildman–Crippen LogP) is 1.44. The molecule has 0 amide bonds. The standard InChI is InChI=1S/C6H4O4/c7-3-1-2-4(8)6-5(3)9-10-6/h1-2,7-8H. The van der Waals surface area contributed by atoms with Crippen LogP contribution in [0.25, 0.3) is 11.2 Å². The SMILES string of the molecule is Oc1ccc(O)c2ooc12. The molecule has 0 spiro atoms. The molecule has 0 atom stereocenters. The van der Waals surface area contributed by atoms with Crippen molar-refractivity contribution in [1.82, 2.24) is 0 Å². The van der Waals surface area contributed by atoms with Gasteiger partial charge < -0.3 is 10.2 Å². The van der Waals surface area contributed by atoms with Gasteiger partial charge in [-0.25, -0.2) is 0 Å². The minimum atomic E-state index is -0.0287. The summed E-state index contributed by atoms with van der Waals surface area (Å²) in [5.41, 5.74) is 0.389. The number of phenols is 2. The highest BCUT2D eigenvalue weighted by atomic mass is 17.0. The van der Waals surface area contributed by atoms with Gasteiger partial charge in [0.25, 0.3) is 11.2 Å². The van der Waals surface area contributed by atoms with Crippen LogP contribution in [0.2, 0.25) is 0 Å². The van der Waals surface area contributed by atoms with E-state index in [9.17, 15) is 0 Å². The fraction of sp³-hybridized carbons (Fsp3) is 0. The zero-order chi connectivity index (χ0) is 7.14. The monoisotopic (exact) mass is 140 g/mol. The Kier molecular flexibility index (Phi) is 0.768. The lowest BCUT2D eigenvalue weighted by molar-refractivity contribution is 0.0542. The molecule has 1 aromatic heterocycles. The van der Waals surface area contributed by atoms with Crippen molar-refractivity contribution in [1.29, 1.82) is 0 Å². The maximum atomic E-state index is 8.96. The van der Waals surface area contributed by atoms with Crippen LogP contribution in [0.4, 0.5) is 0 Å². The van der Waals surface area contributed by atoms with E-state index < -0.39 is 0 Å². The lowest BCUT2D eigenvalue weighted by Crippen LogP contribution is -1.77. The second-order valence-electron chi connectivity index (χ2n) is 1.93. The topological polar surface area (TPSA) is 66.7 Å². The molecule has 0 bridgehead atoms. The van der Waals surface area contributed by atoms with Gasteiger partial charge in [0.05, 0.1) is 0 Å². The molecule has 1 aromatic carbocycles. The summed E-state index contributed by atoms with van der Waals surface area (Å²) >= 11 is 0. The molecule has 10 heavy (non-hydrogen) atoms. The van der Waals surface area contributed by atoms with Crippen LogP contribution in [0, 0.1) is 0 Å². The third-order valence-electron chi connectivity index (χ3n) is 1.28. The zero-order valence-corrected chi connectivity index (χ0v) is 4.87. The van der Waals surface area contributed by atoms with E-state index in [0.717, 1.165) is 0 Å². The van der Waals surface area contributed by atoms with E-state index in [0.29, 0.717) is 0 Å². The zero-order valence-electron chi connectivity index (χ0n) is 4.87. The van der Waals surface area contributed by atoms with Gasteiger partial charge in [0.2, 0.25) is 0 Å². The molecule has 52 valence electrons. The first-order chi connectivity index (χ1) is 4.79. The summed E-state index contributed by atoms with van der Waals surface area (Å²) in [6.45, 7) is 0.